The first-order valence-corrected chi connectivity index (χ1v) is 12.6. The molecule has 6 unspecified atom stereocenters. The summed E-state index contributed by atoms with van der Waals surface area (Å²) < 4.78 is 5.59. The number of aromatic nitrogens is 1. The van der Waals surface area contributed by atoms with E-state index in [2.05, 4.69) is 24.1 Å². The van der Waals surface area contributed by atoms with Crippen molar-refractivity contribution in [2.75, 3.05) is 5.73 Å². The number of fused-ring (bicyclic) bond motifs is 5. The minimum atomic E-state index is -0.900. The van der Waals surface area contributed by atoms with Crippen molar-refractivity contribution in [1.82, 2.24) is 4.98 Å². The maximum absolute atomic E-state index is 12.3. The Morgan fingerprint density at radius 3 is 2.84 bits per heavy atom. The molecule has 172 valence electrons. The zero-order valence-electron chi connectivity index (χ0n) is 18.7. The lowest BCUT2D eigenvalue weighted by Gasteiger charge is -2.57. The highest BCUT2D eigenvalue weighted by molar-refractivity contribution is 6.25. The Bertz CT molecular complexity index is 1100. The quantitative estimate of drug-likeness (QED) is 0.507. The van der Waals surface area contributed by atoms with Crippen molar-refractivity contribution >= 4 is 34.3 Å². The molecule has 0 bridgehead atoms. The molecule has 6 heteroatoms. The number of nitrogens with zero attached hydrogens (tertiary/aromatic N) is 1. The van der Waals surface area contributed by atoms with Gasteiger partial charge in [0, 0.05) is 5.92 Å². The summed E-state index contributed by atoms with van der Waals surface area (Å²) in [6, 6.07) is 6.28. The van der Waals surface area contributed by atoms with Crippen LogP contribution in [0.25, 0.3) is 16.7 Å². The highest BCUT2D eigenvalue weighted by atomic mass is 35.5. The lowest BCUT2D eigenvalue weighted by atomic mass is 9.53. The summed E-state index contributed by atoms with van der Waals surface area (Å²) in [4.78, 5) is 3.61. The fraction of sp³-hybridized carbons (Fsp3) is 0.654. The number of aliphatic hydroxyl groups excluding tert-OH is 1. The summed E-state index contributed by atoms with van der Waals surface area (Å²) in [5.74, 6) is 1.09. The minimum Gasteiger partial charge on any atom is -0.424 e. The number of anilines is 1. The average Bonchev–Trinajstić information content (AvgIpc) is 3.26. The number of nitrogen functional groups attached to an aromatic ring is 1. The van der Waals surface area contributed by atoms with Crippen LogP contribution in [-0.2, 0) is 0 Å². The number of halogens is 1. The summed E-state index contributed by atoms with van der Waals surface area (Å²) >= 11 is 7.40. The van der Waals surface area contributed by atoms with E-state index in [-0.39, 0.29) is 23.5 Å². The normalized spacial score (nSPS) is 43.8. The molecule has 0 spiro atoms. The lowest BCUT2D eigenvalue weighted by molar-refractivity contribution is -0.118. The van der Waals surface area contributed by atoms with Gasteiger partial charge in [0.25, 0.3) is 6.01 Å². The third-order valence-corrected chi connectivity index (χ3v) is 10.3. The van der Waals surface area contributed by atoms with Gasteiger partial charge in [-0.05, 0) is 98.3 Å². The smallest absolute Gasteiger partial charge is 0.292 e. The summed E-state index contributed by atoms with van der Waals surface area (Å²) in [6.07, 6.45) is 10.0. The molecular formula is C26H33ClN2O3. The summed E-state index contributed by atoms with van der Waals surface area (Å²) in [7, 11) is 0. The van der Waals surface area contributed by atoms with Crippen LogP contribution in [0.1, 0.15) is 70.3 Å². The number of oxazole rings is 1. The molecule has 3 fully saturated rings. The molecule has 1 aromatic heterocycles. The molecule has 4 N–H and O–H groups in total. The van der Waals surface area contributed by atoms with E-state index in [1.54, 1.807) is 0 Å². The van der Waals surface area contributed by atoms with Gasteiger partial charge in [0.1, 0.15) is 5.52 Å². The molecule has 1 heterocycles. The third kappa shape index (κ3) is 2.87. The van der Waals surface area contributed by atoms with Gasteiger partial charge in [-0.15, -0.1) is 11.6 Å². The van der Waals surface area contributed by atoms with E-state index in [4.69, 9.17) is 21.8 Å². The van der Waals surface area contributed by atoms with Crippen molar-refractivity contribution in [2.24, 2.45) is 23.2 Å². The molecular weight excluding hydrogens is 424 g/mol. The van der Waals surface area contributed by atoms with Gasteiger partial charge in [0.2, 0.25) is 0 Å². The Balaban J connectivity index is 1.35. The van der Waals surface area contributed by atoms with Gasteiger partial charge in [-0.1, -0.05) is 19.1 Å². The highest BCUT2D eigenvalue weighted by Gasteiger charge is 2.65. The van der Waals surface area contributed by atoms with Crippen LogP contribution in [0.15, 0.2) is 28.7 Å². The van der Waals surface area contributed by atoms with Crippen LogP contribution in [-0.4, -0.2) is 31.8 Å². The van der Waals surface area contributed by atoms with Gasteiger partial charge in [-0.3, -0.25) is 0 Å². The molecule has 32 heavy (non-hydrogen) atoms. The van der Waals surface area contributed by atoms with E-state index < -0.39 is 10.5 Å². The van der Waals surface area contributed by atoms with Crippen LogP contribution in [0.4, 0.5) is 6.01 Å². The van der Waals surface area contributed by atoms with E-state index in [0.717, 1.165) is 68.9 Å². The topological polar surface area (TPSA) is 92.5 Å². The molecule has 4 aliphatic carbocycles. The van der Waals surface area contributed by atoms with E-state index in [1.165, 1.54) is 5.57 Å². The zero-order chi connectivity index (χ0) is 22.3. The second kappa shape index (κ2) is 6.97. The van der Waals surface area contributed by atoms with E-state index in [9.17, 15) is 10.2 Å². The number of nitrogens with two attached hydrogens (primary N) is 1. The molecule has 0 amide bonds. The number of aliphatic hydroxyl groups is 2. The maximum atomic E-state index is 12.3. The first-order valence-electron chi connectivity index (χ1n) is 12.2. The minimum absolute atomic E-state index is 0.0943. The molecule has 0 radical (unpaired) electrons. The largest absolute Gasteiger partial charge is 0.424 e. The molecule has 0 aliphatic heterocycles. The van der Waals surface area contributed by atoms with Crippen LogP contribution in [0.2, 0.25) is 0 Å². The fourth-order valence-electron chi connectivity index (χ4n) is 7.92. The van der Waals surface area contributed by atoms with Crippen LogP contribution >= 0.6 is 11.6 Å². The Hall–Kier alpha value is -1.56. The van der Waals surface area contributed by atoms with E-state index in [1.807, 2.05) is 12.1 Å². The van der Waals surface area contributed by atoms with Crippen molar-refractivity contribution in [3.8, 4) is 0 Å². The molecule has 5 nitrogen and oxygen atoms in total. The highest BCUT2D eigenvalue weighted by Crippen LogP contribution is 2.67. The van der Waals surface area contributed by atoms with Gasteiger partial charge in [-0.25, -0.2) is 0 Å². The molecule has 7 atom stereocenters. The van der Waals surface area contributed by atoms with Gasteiger partial charge in [0.05, 0.1) is 16.6 Å². The van der Waals surface area contributed by atoms with Crippen molar-refractivity contribution in [3.05, 3.63) is 29.8 Å². The van der Waals surface area contributed by atoms with Crippen LogP contribution in [0.5, 0.6) is 0 Å². The first kappa shape index (κ1) is 21.0. The van der Waals surface area contributed by atoms with Crippen molar-refractivity contribution in [1.29, 1.82) is 0 Å². The molecule has 0 saturated heterocycles. The molecule has 2 aromatic rings. The Morgan fingerprint density at radius 1 is 1.16 bits per heavy atom. The number of hydrogen-bond donors (Lipinski definition) is 3. The number of allylic oxidation sites excluding steroid dienone is 2. The third-order valence-electron chi connectivity index (χ3n) is 9.65. The second-order valence-corrected chi connectivity index (χ2v) is 11.9. The number of alkyl halides is 1. The van der Waals surface area contributed by atoms with Gasteiger partial charge in [-0.2, -0.15) is 4.98 Å². The summed E-state index contributed by atoms with van der Waals surface area (Å²) in [5, 5.41) is 22.6. The Kier molecular flexibility index (Phi) is 4.58. The van der Waals surface area contributed by atoms with Crippen LogP contribution < -0.4 is 5.73 Å². The number of hydrogen-bond acceptors (Lipinski definition) is 5. The number of benzene rings is 1. The predicted molar refractivity (Wildman–Crippen MR) is 126 cm³/mol. The maximum Gasteiger partial charge on any atom is 0.292 e. The van der Waals surface area contributed by atoms with Crippen molar-refractivity contribution in [3.63, 3.8) is 0 Å². The van der Waals surface area contributed by atoms with Crippen molar-refractivity contribution in [2.45, 2.75) is 81.3 Å². The fourth-order valence-corrected chi connectivity index (χ4v) is 8.44. The van der Waals surface area contributed by atoms with E-state index in [0.29, 0.717) is 17.4 Å². The first-order chi connectivity index (χ1) is 15.2. The molecule has 3 saturated carbocycles. The molecule has 4 aliphatic rings. The van der Waals surface area contributed by atoms with Gasteiger partial charge < -0.3 is 20.4 Å². The zero-order valence-corrected chi connectivity index (χ0v) is 19.4. The number of rotatable bonds is 1. The molecule has 6 rings (SSSR count). The van der Waals surface area contributed by atoms with Crippen LogP contribution in [0, 0.1) is 23.2 Å². The van der Waals surface area contributed by atoms with Crippen LogP contribution in [0.3, 0.4) is 0 Å². The average molecular weight is 457 g/mol. The Labute approximate surface area is 194 Å². The standard InChI is InChI=1S/C26H33ClN2O3/c1-24-10-11-25(27)14-17-12-18(30)4-2-15(17)8-9-26(25,31)22(24)7-5-19(24)16-3-6-20-21(13-16)32-23(28)29-20/h3,5-6,13,15,17-18,22,30-31H,2,4,7-12,14H2,1H3,(H2,28,29)/t15?,17?,18?,22?,24?,25?,26-/m0/s1. The SMILES string of the molecule is CC12CCC3(Cl)CC4CC(O)CCC4CC[C@]3(O)C1CC=C2c1ccc2nc(N)oc2c1. The summed E-state index contributed by atoms with van der Waals surface area (Å²) in [5.41, 5.74) is 8.58. The van der Waals surface area contributed by atoms with Gasteiger partial charge in [0.15, 0.2) is 5.58 Å². The summed E-state index contributed by atoms with van der Waals surface area (Å²) in [6.45, 7) is 2.31. The predicted octanol–water partition coefficient (Wildman–Crippen LogP) is 5.28. The van der Waals surface area contributed by atoms with Crippen molar-refractivity contribution < 1.29 is 14.6 Å². The second-order valence-electron chi connectivity index (χ2n) is 11.2. The monoisotopic (exact) mass is 456 g/mol. The molecule has 1 aromatic carbocycles. The van der Waals surface area contributed by atoms with Gasteiger partial charge >= 0.3 is 0 Å². The lowest BCUT2D eigenvalue weighted by Crippen LogP contribution is -2.62. The van der Waals surface area contributed by atoms with E-state index >= 15 is 0 Å². The Morgan fingerprint density at radius 2 is 2.00 bits per heavy atom.